The zero-order valence-electron chi connectivity index (χ0n) is 24.3. The fourth-order valence-corrected chi connectivity index (χ4v) is 5.32. The first kappa shape index (κ1) is 28.4. The standard InChI is InChI=1S/C32H48N4O2/c1-6-27-12-14-30(38-27)31-33-28-13-11-26(32(37)35(21-15-24(2)3)22-16-25(4)5)23-29(28)36(31)20-10-19-34-17-8-7-9-18-34/h11-14,23-25H,6-10,15-22H2,1-5H3. The van der Waals surface area contributed by atoms with E-state index < -0.39 is 0 Å². The average molecular weight is 521 g/mol. The minimum absolute atomic E-state index is 0.127. The van der Waals surface area contributed by atoms with Crippen LogP contribution in [-0.4, -0.2) is 58.0 Å². The molecule has 3 aromatic rings. The largest absolute Gasteiger partial charge is 0.458 e. The van der Waals surface area contributed by atoms with E-state index in [-0.39, 0.29) is 5.91 Å². The van der Waals surface area contributed by atoms with Crippen LogP contribution >= 0.6 is 0 Å². The van der Waals surface area contributed by atoms with Gasteiger partial charge >= 0.3 is 0 Å². The van der Waals surface area contributed by atoms with Crippen LogP contribution in [0.15, 0.2) is 34.7 Å². The number of piperidine rings is 1. The van der Waals surface area contributed by atoms with Gasteiger partial charge in [-0.25, -0.2) is 4.98 Å². The normalized spacial score (nSPS) is 14.7. The number of furan rings is 1. The van der Waals surface area contributed by atoms with Crippen molar-refractivity contribution in [1.29, 1.82) is 0 Å². The molecule has 1 fully saturated rings. The summed E-state index contributed by atoms with van der Waals surface area (Å²) < 4.78 is 8.42. The first-order chi connectivity index (χ1) is 18.4. The molecule has 4 rings (SSSR count). The number of amides is 1. The lowest BCUT2D eigenvalue weighted by molar-refractivity contribution is 0.0741. The summed E-state index contributed by atoms with van der Waals surface area (Å²) in [4.78, 5) is 23.4. The Labute approximate surface area is 229 Å². The van der Waals surface area contributed by atoms with E-state index in [1.807, 2.05) is 24.3 Å². The van der Waals surface area contributed by atoms with E-state index in [1.165, 1.54) is 32.4 Å². The fraction of sp³-hybridized carbons (Fsp3) is 0.625. The third-order valence-corrected chi connectivity index (χ3v) is 7.77. The van der Waals surface area contributed by atoms with Crippen LogP contribution in [0.1, 0.15) is 89.3 Å². The van der Waals surface area contributed by atoms with Crippen LogP contribution in [0.2, 0.25) is 0 Å². The Hall–Kier alpha value is -2.60. The Balaban J connectivity index is 1.63. The number of imidazole rings is 1. The molecule has 2 aromatic heterocycles. The highest BCUT2D eigenvalue weighted by molar-refractivity contribution is 5.98. The van der Waals surface area contributed by atoms with E-state index in [9.17, 15) is 4.79 Å². The Kier molecular flexibility index (Phi) is 10.1. The maximum atomic E-state index is 13.7. The van der Waals surface area contributed by atoms with Gasteiger partial charge in [-0.3, -0.25) is 4.79 Å². The summed E-state index contributed by atoms with van der Waals surface area (Å²) in [7, 11) is 0. The number of hydrogen-bond acceptors (Lipinski definition) is 4. The number of fused-ring (bicyclic) bond motifs is 1. The minimum atomic E-state index is 0.127. The average Bonchev–Trinajstić information content (AvgIpc) is 3.53. The topological polar surface area (TPSA) is 54.5 Å². The van der Waals surface area contributed by atoms with Crippen LogP contribution in [-0.2, 0) is 13.0 Å². The highest BCUT2D eigenvalue weighted by Crippen LogP contribution is 2.28. The van der Waals surface area contributed by atoms with E-state index in [0.29, 0.717) is 11.8 Å². The van der Waals surface area contributed by atoms with Crippen LogP contribution in [0.3, 0.4) is 0 Å². The van der Waals surface area contributed by atoms with Gasteiger partial charge in [0.15, 0.2) is 11.6 Å². The zero-order chi connectivity index (χ0) is 27.1. The molecular formula is C32H48N4O2. The molecular weight excluding hydrogens is 472 g/mol. The van der Waals surface area contributed by atoms with E-state index in [0.717, 1.165) is 85.8 Å². The van der Waals surface area contributed by atoms with Crippen molar-refractivity contribution in [2.45, 2.75) is 86.1 Å². The molecule has 1 saturated heterocycles. The van der Waals surface area contributed by atoms with Crippen molar-refractivity contribution < 1.29 is 9.21 Å². The number of aromatic nitrogens is 2. The van der Waals surface area contributed by atoms with E-state index in [1.54, 1.807) is 0 Å². The van der Waals surface area contributed by atoms with Gasteiger partial charge in [-0.05, 0) is 93.9 Å². The summed E-state index contributed by atoms with van der Waals surface area (Å²) in [6, 6.07) is 10.1. The molecule has 6 nitrogen and oxygen atoms in total. The first-order valence-electron chi connectivity index (χ1n) is 15.0. The molecule has 0 atom stereocenters. The monoisotopic (exact) mass is 520 g/mol. The van der Waals surface area contributed by atoms with Crippen molar-refractivity contribution in [3.05, 3.63) is 41.7 Å². The van der Waals surface area contributed by atoms with Crippen LogP contribution in [0.4, 0.5) is 0 Å². The third-order valence-electron chi connectivity index (χ3n) is 7.77. The van der Waals surface area contributed by atoms with Crippen molar-refractivity contribution in [3.8, 4) is 11.6 Å². The maximum absolute atomic E-state index is 13.7. The van der Waals surface area contributed by atoms with Gasteiger partial charge in [-0.2, -0.15) is 0 Å². The molecule has 0 radical (unpaired) electrons. The SMILES string of the molecule is CCc1ccc(-c2nc3ccc(C(=O)N(CCC(C)C)CCC(C)C)cc3n2CCCN2CCCCC2)o1. The number of rotatable bonds is 13. The number of nitrogens with zero attached hydrogens (tertiary/aromatic N) is 4. The Bertz CT molecular complexity index is 1160. The lowest BCUT2D eigenvalue weighted by Crippen LogP contribution is -2.34. The minimum Gasteiger partial charge on any atom is -0.458 e. The summed E-state index contributed by atoms with van der Waals surface area (Å²) in [6.45, 7) is 16.9. The molecule has 6 heteroatoms. The molecule has 0 unspecified atom stereocenters. The summed E-state index contributed by atoms with van der Waals surface area (Å²) >= 11 is 0. The summed E-state index contributed by atoms with van der Waals surface area (Å²) in [5.74, 6) is 3.89. The van der Waals surface area contributed by atoms with Crippen molar-refractivity contribution in [1.82, 2.24) is 19.4 Å². The predicted octanol–water partition coefficient (Wildman–Crippen LogP) is 7.27. The van der Waals surface area contributed by atoms with Gasteiger partial charge in [0.25, 0.3) is 5.91 Å². The zero-order valence-corrected chi connectivity index (χ0v) is 24.3. The molecule has 0 bridgehead atoms. The molecule has 0 spiro atoms. The number of benzene rings is 1. The Morgan fingerprint density at radius 3 is 2.32 bits per heavy atom. The molecule has 38 heavy (non-hydrogen) atoms. The van der Waals surface area contributed by atoms with Crippen LogP contribution in [0.5, 0.6) is 0 Å². The molecule has 1 amide bonds. The predicted molar refractivity (Wildman–Crippen MR) is 157 cm³/mol. The summed E-state index contributed by atoms with van der Waals surface area (Å²) in [5, 5.41) is 0. The van der Waals surface area contributed by atoms with E-state index >= 15 is 0 Å². The van der Waals surface area contributed by atoms with Crippen LogP contribution in [0, 0.1) is 11.8 Å². The smallest absolute Gasteiger partial charge is 0.253 e. The summed E-state index contributed by atoms with van der Waals surface area (Å²) in [6.07, 6.45) is 7.91. The first-order valence-corrected chi connectivity index (χ1v) is 15.0. The molecule has 208 valence electrons. The lowest BCUT2D eigenvalue weighted by Gasteiger charge is -2.26. The van der Waals surface area contributed by atoms with Crippen LogP contribution in [0.25, 0.3) is 22.6 Å². The molecule has 1 aliphatic heterocycles. The van der Waals surface area contributed by atoms with Gasteiger partial charge < -0.3 is 18.8 Å². The van der Waals surface area contributed by atoms with E-state index in [4.69, 9.17) is 9.40 Å². The van der Waals surface area contributed by atoms with Gasteiger partial charge in [-0.1, -0.05) is 41.0 Å². The molecule has 1 aliphatic rings. The van der Waals surface area contributed by atoms with Gasteiger partial charge in [0.1, 0.15) is 5.76 Å². The number of carbonyl (C=O) groups is 1. The maximum Gasteiger partial charge on any atom is 0.253 e. The molecule has 0 N–H and O–H groups in total. The highest BCUT2D eigenvalue weighted by atomic mass is 16.3. The third kappa shape index (κ3) is 7.28. The van der Waals surface area contributed by atoms with Crippen molar-refractivity contribution in [2.75, 3.05) is 32.7 Å². The van der Waals surface area contributed by atoms with Gasteiger partial charge in [0.05, 0.1) is 11.0 Å². The summed E-state index contributed by atoms with van der Waals surface area (Å²) in [5.41, 5.74) is 2.69. The highest BCUT2D eigenvalue weighted by Gasteiger charge is 2.21. The second-order valence-corrected chi connectivity index (χ2v) is 11.8. The molecule has 0 saturated carbocycles. The molecule has 1 aromatic carbocycles. The second kappa shape index (κ2) is 13.5. The van der Waals surface area contributed by atoms with Gasteiger partial charge in [-0.15, -0.1) is 0 Å². The van der Waals surface area contributed by atoms with Crippen molar-refractivity contribution >= 4 is 16.9 Å². The lowest BCUT2D eigenvalue weighted by atomic mass is 10.1. The van der Waals surface area contributed by atoms with Crippen LogP contribution < -0.4 is 0 Å². The number of carbonyl (C=O) groups excluding carboxylic acids is 1. The number of likely N-dealkylation sites (tertiary alicyclic amines) is 1. The Morgan fingerprint density at radius 2 is 1.68 bits per heavy atom. The fourth-order valence-electron chi connectivity index (χ4n) is 5.32. The quantitative estimate of drug-likeness (QED) is 0.238. The molecule has 3 heterocycles. The number of aryl methyl sites for hydroxylation is 2. The van der Waals surface area contributed by atoms with Crippen molar-refractivity contribution in [2.24, 2.45) is 11.8 Å². The second-order valence-electron chi connectivity index (χ2n) is 11.8. The number of hydrogen-bond donors (Lipinski definition) is 0. The van der Waals surface area contributed by atoms with Gasteiger partial charge in [0, 0.05) is 31.6 Å². The van der Waals surface area contributed by atoms with E-state index in [2.05, 4.69) is 55.1 Å². The molecule has 0 aliphatic carbocycles. The Morgan fingerprint density at radius 1 is 0.974 bits per heavy atom. The van der Waals surface area contributed by atoms with Crippen molar-refractivity contribution in [3.63, 3.8) is 0 Å². The van der Waals surface area contributed by atoms with Gasteiger partial charge in [0.2, 0.25) is 0 Å².